The summed E-state index contributed by atoms with van der Waals surface area (Å²) in [5.74, 6) is -0.492. The van der Waals surface area contributed by atoms with Gasteiger partial charge in [-0.1, -0.05) is 17.2 Å². The average molecular weight is 405 g/mol. The molecule has 3 rings (SSSR count). The maximum absolute atomic E-state index is 13.0. The van der Waals surface area contributed by atoms with Crippen molar-refractivity contribution in [2.75, 3.05) is 34.5 Å². The Labute approximate surface area is 171 Å². The van der Waals surface area contributed by atoms with Gasteiger partial charge in [-0.05, 0) is 38.3 Å². The van der Waals surface area contributed by atoms with E-state index in [1.54, 1.807) is 19.3 Å². The Bertz CT molecular complexity index is 724. The molecule has 7 nitrogen and oxygen atoms in total. The molecular weight excluding hydrogens is 376 g/mol. The first kappa shape index (κ1) is 21.6. The molecule has 0 saturated carbocycles. The predicted molar refractivity (Wildman–Crippen MR) is 104 cm³/mol. The van der Waals surface area contributed by atoms with Crippen LogP contribution in [0.25, 0.3) is 0 Å². The summed E-state index contributed by atoms with van der Waals surface area (Å²) < 4.78 is 27.1. The van der Waals surface area contributed by atoms with Crippen molar-refractivity contribution < 1.29 is 33.3 Å². The Balaban J connectivity index is 1.95. The van der Waals surface area contributed by atoms with Crippen LogP contribution in [-0.4, -0.2) is 52.3 Å². The molecule has 1 saturated heterocycles. The molecule has 0 bridgehead atoms. The van der Waals surface area contributed by atoms with Crippen LogP contribution in [0.5, 0.6) is 0 Å². The number of hydrogen-bond donors (Lipinski definition) is 0. The molecule has 29 heavy (non-hydrogen) atoms. The van der Waals surface area contributed by atoms with E-state index in [0.717, 1.165) is 11.1 Å². The van der Waals surface area contributed by atoms with Gasteiger partial charge in [0.05, 0.1) is 34.5 Å². The smallest absolute Gasteiger partial charge is 0.324 e. The zero-order chi connectivity index (χ0) is 21.1. The highest BCUT2D eigenvalue weighted by molar-refractivity contribution is 6.03. The molecule has 1 aliphatic heterocycles. The molecule has 0 aromatic rings. The second-order valence-electron chi connectivity index (χ2n) is 7.61. The Morgan fingerprint density at radius 3 is 2.24 bits per heavy atom. The molecule has 0 unspecified atom stereocenters. The predicted octanol–water partition coefficient (Wildman–Crippen LogP) is 3.02. The lowest BCUT2D eigenvalue weighted by Gasteiger charge is -2.38. The lowest BCUT2D eigenvalue weighted by molar-refractivity contribution is -0.168. The molecule has 7 heteroatoms. The van der Waals surface area contributed by atoms with Crippen molar-refractivity contribution in [2.45, 2.75) is 44.8 Å². The summed E-state index contributed by atoms with van der Waals surface area (Å²) in [6.07, 6.45) is 7.95. The quantitative estimate of drug-likeness (QED) is 0.382. The van der Waals surface area contributed by atoms with Gasteiger partial charge >= 0.3 is 11.9 Å². The summed E-state index contributed by atoms with van der Waals surface area (Å²) in [6.45, 7) is 3.19. The number of allylic oxidation sites excluding steroid dienone is 4. The van der Waals surface area contributed by atoms with Crippen LogP contribution < -0.4 is 0 Å². The van der Waals surface area contributed by atoms with Crippen molar-refractivity contribution in [1.82, 2.24) is 0 Å². The minimum absolute atomic E-state index is 0.212. The number of rotatable bonds is 6. The molecule has 1 radical (unpaired) electrons. The zero-order valence-corrected chi connectivity index (χ0v) is 17.5. The van der Waals surface area contributed by atoms with Crippen LogP contribution in [-0.2, 0) is 33.3 Å². The van der Waals surface area contributed by atoms with Crippen molar-refractivity contribution in [2.24, 2.45) is 5.41 Å². The number of esters is 2. The van der Waals surface area contributed by atoms with Gasteiger partial charge in [0.2, 0.25) is 0 Å². The van der Waals surface area contributed by atoms with Crippen LogP contribution in [0.2, 0.25) is 0 Å². The van der Waals surface area contributed by atoms with Crippen LogP contribution in [0.15, 0.2) is 35.1 Å². The summed E-state index contributed by atoms with van der Waals surface area (Å²) in [5.41, 5.74) is 0.575. The van der Waals surface area contributed by atoms with Crippen LogP contribution in [0.1, 0.15) is 39.0 Å². The molecule has 0 aromatic heterocycles. The minimum atomic E-state index is -1.53. The standard InChI is InChI=1S/C22H29O7/c1-15-13-21(28-11-12-29-21)10-9-16(15)14-22(19(23)26-3,20(24)27-4)17-5-7-18(25-2)8-6-17/h5,7-8H,6,9-14H2,1-4H3. The van der Waals surface area contributed by atoms with E-state index in [1.165, 1.54) is 14.2 Å². The maximum Gasteiger partial charge on any atom is 0.324 e. The molecule has 0 atom stereocenters. The SMILES string of the molecule is COC(=O)C(CC1=C(C)CC2(CC1)OCCO2)([C]1C=CC(OC)=CC1)C(=O)OC. The van der Waals surface area contributed by atoms with E-state index in [4.69, 9.17) is 23.7 Å². The van der Waals surface area contributed by atoms with E-state index in [9.17, 15) is 9.59 Å². The van der Waals surface area contributed by atoms with Crippen LogP contribution >= 0.6 is 0 Å². The van der Waals surface area contributed by atoms with Crippen molar-refractivity contribution in [3.8, 4) is 0 Å². The molecule has 1 heterocycles. The normalized spacial score (nSPS) is 21.9. The van der Waals surface area contributed by atoms with E-state index in [1.807, 2.05) is 13.0 Å². The highest BCUT2D eigenvalue weighted by atomic mass is 16.7. The van der Waals surface area contributed by atoms with Crippen molar-refractivity contribution in [1.29, 1.82) is 0 Å². The average Bonchev–Trinajstić information content (AvgIpc) is 3.20. The first-order valence-electron chi connectivity index (χ1n) is 9.81. The Morgan fingerprint density at radius 1 is 1.10 bits per heavy atom. The Kier molecular flexibility index (Phi) is 6.49. The van der Waals surface area contributed by atoms with Gasteiger partial charge in [-0.25, -0.2) is 0 Å². The van der Waals surface area contributed by atoms with Crippen LogP contribution in [0, 0.1) is 11.3 Å². The summed E-state index contributed by atoms with van der Waals surface area (Å²) in [7, 11) is 4.16. The molecule has 2 aliphatic carbocycles. The molecule has 159 valence electrons. The van der Waals surface area contributed by atoms with Gasteiger partial charge in [0.1, 0.15) is 5.76 Å². The number of ether oxygens (including phenoxy) is 5. The van der Waals surface area contributed by atoms with Gasteiger partial charge in [-0.15, -0.1) is 0 Å². The molecule has 1 spiro atoms. The van der Waals surface area contributed by atoms with Crippen molar-refractivity contribution in [3.05, 3.63) is 41.1 Å². The van der Waals surface area contributed by atoms with E-state index >= 15 is 0 Å². The molecular formula is C22H29O7. The summed E-state index contributed by atoms with van der Waals surface area (Å²) >= 11 is 0. The highest BCUT2D eigenvalue weighted by Crippen LogP contribution is 2.48. The largest absolute Gasteiger partial charge is 0.497 e. The fourth-order valence-corrected chi connectivity index (χ4v) is 4.42. The number of hydrogen-bond acceptors (Lipinski definition) is 7. The van der Waals surface area contributed by atoms with E-state index in [0.29, 0.717) is 50.6 Å². The topological polar surface area (TPSA) is 80.3 Å². The molecule has 3 aliphatic rings. The number of methoxy groups -OCH3 is 3. The fraction of sp³-hybridized carbons (Fsp3) is 0.591. The summed E-state index contributed by atoms with van der Waals surface area (Å²) in [4.78, 5) is 26.0. The first-order valence-corrected chi connectivity index (χ1v) is 9.81. The molecule has 0 amide bonds. The van der Waals surface area contributed by atoms with Gasteiger partial charge in [-0.3, -0.25) is 9.59 Å². The Hall–Kier alpha value is -2.12. The third-order valence-corrected chi connectivity index (χ3v) is 6.06. The van der Waals surface area contributed by atoms with E-state index < -0.39 is 23.1 Å². The molecule has 1 fully saturated rings. The summed E-state index contributed by atoms with van der Waals surface area (Å²) in [6, 6.07) is 0. The third-order valence-electron chi connectivity index (χ3n) is 6.06. The van der Waals surface area contributed by atoms with Crippen molar-refractivity contribution in [3.63, 3.8) is 0 Å². The third kappa shape index (κ3) is 3.98. The van der Waals surface area contributed by atoms with Gasteiger partial charge in [-0.2, -0.15) is 0 Å². The lowest BCUT2D eigenvalue weighted by atomic mass is 9.66. The van der Waals surface area contributed by atoms with E-state index in [2.05, 4.69) is 0 Å². The zero-order valence-electron chi connectivity index (χ0n) is 17.5. The van der Waals surface area contributed by atoms with Crippen molar-refractivity contribution >= 4 is 11.9 Å². The lowest BCUT2D eigenvalue weighted by Crippen LogP contribution is -2.47. The van der Waals surface area contributed by atoms with Gasteiger partial charge in [0.15, 0.2) is 11.2 Å². The second-order valence-corrected chi connectivity index (χ2v) is 7.61. The Morgan fingerprint density at radius 2 is 1.76 bits per heavy atom. The van der Waals surface area contributed by atoms with Gasteiger partial charge in [0.25, 0.3) is 0 Å². The van der Waals surface area contributed by atoms with Gasteiger partial charge in [0, 0.05) is 18.8 Å². The molecule has 0 aromatic carbocycles. The minimum Gasteiger partial charge on any atom is -0.497 e. The van der Waals surface area contributed by atoms with Crippen LogP contribution in [0.3, 0.4) is 0 Å². The number of carbonyl (C=O) groups excluding carboxylic acids is 2. The maximum atomic E-state index is 13.0. The first-order chi connectivity index (χ1) is 13.9. The van der Waals surface area contributed by atoms with Crippen LogP contribution in [0.4, 0.5) is 0 Å². The van der Waals surface area contributed by atoms with E-state index in [-0.39, 0.29) is 6.42 Å². The highest BCUT2D eigenvalue weighted by Gasteiger charge is 2.55. The second kappa shape index (κ2) is 8.71. The monoisotopic (exact) mass is 405 g/mol. The van der Waals surface area contributed by atoms with Gasteiger partial charge < -0.3 is 23.7 Å². The number of carbonyl (C=O) groups is 2. The summed E-state index contributed by atoms with van der Waals surface area (Å²) in [5, 5.41) is 0. The fourth-order valence-electron chi connectivity index (χ4n) is 4.42. The molecule has 0 N–H and O–H groups in total.